The van der Waals surface area contributed by atoms with Gasteiger partial charge in [0.1, 0.15) is 17.8 Å². The van der Waals surface area contributed by atoms with E-state index in [1.54, 1.807) is 6.08 Å². The molecule has 1 unspecified atom stereocenters. The van der Waals surface area contributed by atoms with Gasteiger partial charge in [0.2, 0.25) is 0 Å². The standard InChI is InChI=1S/C13H13ClO3/c14-6-2-7-16-11-3-1-4-12-13(11)10(9-15)5-8-17-12/h1,3-5,8-10H,2,6-7H2. The zero-order valence-corrected chi connectivity index (χ0v) is 10.0. The molecule has 0 N–H and O–H groups in total. The van der Waals surface area contributed by atoms with Crippen LogP contribution >= 0.6 is 11.6 Å². The smallest absolute Gasteiger partial charge is 0.134 e. The van der Waals surface area contributed by atoms with Gasteiger partial charge in [-0.3, -0.25) is 0 Å². The van der Waals surface area contributed by atoms with Gasteiger partial charge in [0, 0.05) is 5.88 Å². The second-order valence-corrected chi connectivity index (χ2v) is 4.05. The molecule has 1 aliphatic heterocycles. The Hall–Kier alpha value is -1.48. The van der Waals surface area contributed by atoms with E-state index in [0.717, 1.165) is 18.3 Å². The van der Waals surface area contributed by atoms with Crippen LogP contribution in [0.3, 0.4) is 0 Å². The Balaban J connectivity index is 2.25. The number of aldehydes is 1. The van der Waals surface area contributed by atoms with E-state index in [4.69, 9.17) is 21.1 Å². The first-order chi connectivity index (χ1) is 8.36. The van der Waals surface area contributed by atoms with Crippen LogP contribution in [0.15, 0.2) is 30.5 Å². The van der Waals surface area contributed by atoms with Crippen LogP contribution < -0.4 is 9.47 Å². The molecule has 1 aromatic rings. The Morgan fingerprint density at radius 1 is 1.47 bits per heavy atom. The van der Waals surface area contributed by atoms with E-state index in [-0.39, 0.29) is 5.92 Å². The number of fused-ring (bicyclic) bond motifs is 1. The van der Waals surface area contributed by atoms with Gasteiger partial charge in [0.05, 0.1) is 24.4 Å². The second-order valence-electron chi connectivity index (χ2n) is 3.67. The first kappa shape index (κ1) is 12.0. The number of hydrogen-bond donors (Lipinski definition) is 0. The number of hydrogen-bond acceptors (Lipinski definition) is 3. The maximum absolute atomic E-state index is 11.0. The first-order valence-electron chi connectivity index (χ1n) is 5.47. The number of alkyl halides is 1. The summed E-state index contributed by atoms with van der Waals surface area (Å²) in [7, 11) is 0. The summed E-state index contributed by atoms with van der Waals surface area (Å²) in [4.78, 5) is 11.0. The summed E-state index contributed by atoms with van der Waals surface area (Å²) in [5, 5.41) is 0. The summed E-state index contributed by atoms with van der Waals surface area (Å²) in [6.07, 6.45) is 4.90. The van der Waals surface area contributed by atoms with E-state index in [1.165, 1.54) is 6.26 Å². The predicted octanol–water partition coefficient (Wildman–Crippen LogP) is 2.88. The van der Waals surface area contributed by atoms with Crippen LogP contribution in [-0.2, 0) is 4.79 Å². The summed E-state index contributed by atoms with van der Waals surface area (Å²) in [5.74, 6) is 1.62. The molecular formula is C13H13ClO3. The normalized spacial score (nSPS) is 17.1. The van der Waals surface area contributed by atoms with Gasteiger partial charge in [0.25, 0.3) is 0 Å². The highest BCUT2D eigenvalue weighted by Gasteiger charge is 2.21. The molecule has 4 heteroatoms. The number of ether oxygens (including phenoxy) is 2. The highest BCUT2D eigenvalue weighted by molar-refractivity contribution is 6.17. The number of carbonyl (C=O) groups is 1. The molecule has 0 saturated carbocycles. The Bertz CT molecular complexity index is 429. The lowest BCUT2D eigenvalue weighted by molar-refractivity contribution is -0.108. The molecule has 1 heterocycles. The van der Waals surface area contributed by atoms with Crippen molar-refractivity contribution in [2.24, 2.45) is 0 Å². The van der Waals surface area contributed by atoms with Crippen LogP contribution in [0.4, 0.5) is 0 Å². The van der Waals surface area contributed by atoms with Crippen molar-refractivity contribution in [1.82, 2.24) is 0 Å². The SMILES string of the molecule is O=CC1C=COc2cccc(OCCCCl)c21. The molecule has 0 aliphatic carbocycles. The largest absolute Gasteiger partial charge is 0.493 e. The number of carbonyl (C=O) groups excluding carboxylic acids is 1. The van der Waals surface area contributed by atoms with Gasteiger partial charge in [-0.15, -0.1) is 11.6 Å². The van der Waals surface area contributed by atoms with Crippen molar-refractivity contribution in [3.8, 4) is 11.5 Å². The summed E-state index contributed by atoms with van der Waals surface area (Å²) in [5.41, 5.74) is 0.791. The number of benzene rings is 1. The van der Waals surface area contributed by atoms with Crippen LogP contribution in [0, 0.1) is 0 Å². The van der Waals surface area contributed by atoms with E-state index in [0.29, 0.717) is 24.0 Å². The molecule has 1 atom stereocenters. The topological polar surface area (TPSA) is 35.5 Å². The molecule has 2 rings (SSSR count). The molecule has 0 radical (unpaired) electrons. The third kappa shape index (κ3) is 2.61. The van der Waals surface area contributed by atoms with Gasteiger partial charge in [-0.2, -0.15) is 0 Å². The Morgan fingerprint density at radius 2 is 2.35 bits per heavy atom. The van der Waals surface area contributed by atoms with E-state index in [1.807, 2.05) is 18.2 Å². The van der Waals surface area contributed by atoms with Gasteiger partial charge >= 0.3 is 0 Å². The summed E-state index contributed by atoms with van der Waals surface area (Å²) in [6.45, 7) is 0.537. The average molecular weight is 253 g/mol. The zero-order chi connectivity index (χ0) is 12.1. The van der Waals surface area contributed by atoms with Crippen molar-refractivity contribution in [3.05, 3.63) is 36.1 Å². The van der Waals surface area contributed by atoms with Gasteiger partial charge in [-0.25, -0.2) is 0 Å². The quantitative estimate of drug-likeness (QED) is 0.459. The Labute approximate surface area is 105 Å². The third-order valence-corrected chi connectivity index (χ3v) is 2.79. The van der Waals surface area contributed by atoms with Crippen molar-refractivity contribution in [2.45, 2.75) is 12.3 Å². The second kappa shape index (κ2) is 5.73. The van der Waals surface area contributed by atoms with Crippen molar-refractivity contribution >= 4 is 17.9 Å². The third-order valence-electron chi connectivity index (χ3n) is 2.52. The molecule has 3 nitrogen and oxygen atoms in total. The highest BCUT2D eigenvalue weighted by Crippen LogP contribution is 2.37. The van der Waals surface area contributed by atoms with Gasteiger partial charge in [-0.05, 0) is 24.6 Å². The van der Waals surface area contributed by atoms with Crippen LogP contribution in [0.25, 0.3) is 0 Å². The molecule has 1 aromatic carbocycles. The molecular weight excluding hydrogens is 240 g/mol. The lowest BCUT2D eigenvalue weighted by Gasteiger charge is -2.20. The first-order valence-corrected chi connectivity index (χ1v) is 6.00. The lowest BCUT2D eigenvalue weighted by Crippen LogP contribution is -2.09. The highest BCUT2D eigenvalue weighted by atomic mass is 35.5. The minimum atomic E-state index is -0.300. The maximum Gasteiger partial charge on any atom is 0.134 e. The number of allylic oxidation sites excluding steroid dienone is 1. The minimum absolute atomic E-state index is 0.300. The van der Waals surface area contributed by atoms with E-state index in [9.17, 15) is 4.79 Å². The molecule has 17 heavy (non-hydrogen) atoms. The number of halogens is 1. The van der Waals surface area contributed by atoms with E-state index in [2.05, 4.69) is 0 Å². The molecule has 0 bridgehead atoms. The van der Waals surface area contributed by atoms with Crippen molar-refractivity contribution in [1.29, 1.82) is 0 Å². The van der Waals surface area contributed by atoms with Crippen molar-refractivity contribution in [3.63, 3.8) is 0 Å². The van der Waals surface area contributed by atoms with Gasteiger partial charge in [0.15, 0.2) is 0 Å². The van der Waals surface area contributed by atoms with Crippen molar-refractivity contribution < 1.29 is 14.3 Å². The van der Waals surface area contributed by atoms with Crippen LogP contribution in [-0.4, -0.2) is 18.8 Å². The van der Waals surface area contributed by atoms with Gasteiger partial charge in [-0.1, -0.05) is 6.07 Å². The average Bonchev–Trinajstić information content (AvgIpc) is 2.38. The molecule has 1 aliphatic rings. The predicted molar refractivity (Wildman–Crippen MR) is 65.8 cm³/mol. The molecule has 0 aromatic heterocycles. The van der Waals surface area contributed by atoms with E-state index < -0.39 is 0 Å². The fraction of sp³-hybridized carbons (Fsp3) is 0.308. The molecule has 0 amide bonds. The van der Waals surface area contributed by atoms with Crippen LogP contribution in [0.1, 0.15) is 17.9 Å². The molecule has 90 valence electrons. The lowest BCUT2D eigenvalue weighted by atomic mass is 9.97. The Kier molecular flexibility index (Phi) is 4.04. The zero-order valence-electron chi connectivity index (χ0n) is 9.27. The van der Waals surface area contributed by atoms with Gasteiger partial charge < -0.3 is 14.3 Å². The van der Waals surface area contributed by atoms with Crippen LogP contribution in [0.2, 0.25) is 0 Å². The summed E-state index contributed by atoms with van der Waals surface area (Å²) >= 11 is 5.60. The molecule has 0 fully saturated rings. The number of rotatable bonds is 5. The van der Waals surface area contributed by atoms with E-state index >= 15 is 0 Å². The van der Waals surface area contributed by atoms with Crippen molar-refractivity contribution in [2.75, 3.05) is 12.5 Å². The summed E-state index contributed by atoms with van der Waals surface area (Å²) < 4.78 is 11.0. The fourth-order valence-corrected chi connectivity index (χ4v) is 1.83. The molecule has 0 saturated heterocycles. The van der Waals surface area contributed by atoms with Crippen LogP contribution in [0.5, 0.6) is 11.5 Å². The minimum Gasteiger partial charge on any atom is -0.493 e. The monoisotopic (exact) mass is 252 g/mol. The fourth-order valence-electron chi connectivity index (χ4n) is 1.72. The molecule has 0 spiro atoms. The maximum atomic E-state index is 11.0. The summed E-state index contributed by atoms with van der Waals surface area (Å²) in [6, 6.07) is 5.51. The Morgan fingerprint density at radius 3 is 3.12 bits per heavy atom.